The van der Waals surface area contributed by atoms with E-state index in [4.69, 9.17) is 10.8 Å². The summed E-state index contributed by atoms with van der Waals surface area (Å²) in [6, 6.07) is 0.0959. The van der Waals surface area contributed by atoms with Gasteiger partial charge in [0.15, 0.2) is 5.75 Å². The molecule has 0 aliphatic carbocycles. The number of aliphatic carboxylic acids is 1. The lowest BCUT2D eigenvalue weighted by molar-refractivity contribution is -0.394. The summed E-state index contributed by atoms with van der Waals surface area (Å²) in [7, 11) is 0. The number of nitro benzene ring substituents is 2. The van der Waals surface area contributed by atoms with Crippen LogP contribution in [0.2, 0.25) is 0 Å². The van der Waals surface area contributed by atoms with E-state index in [0.717, 1.165) is 6.07 Å². The van der Waals surface area contributed by atoms with Gasteiger partial charge in [-0.05, 0) is 0 Å². The van der Waals surface area contributed by atoms with E-state index >= 15 is 0 Å². The van der Waals surface area contributed by atoms with Crippen LogP contribution >= 0.6 is 0 Å². The molecule has 0 heterocycles. The Morgan fingerprint density at radius 2 is 1.89 bits per heavy atom. The van der Waals surface area contributed by atoms with Gasteiger partial charge >= 0.3 is 11.7 Å². The third-order valence-electron chi connectivity index (χ3n) is 2.31. The second-order valence-electron chi connectivity index (χ2n) is 3.62. The molecule has 0 saturated heterocycles. The number of carboxylic acids is 1. The predicted octanol–water partition coefficient (Wildman–Crippen LogP) is 0.683. The second kappa shape index (κ2) is 5.27. The van der Waals surface area contributed by atoms with Crippen molar-refractivity contribution in [3.05, 3.63) is 37.9 Å². The van der Waals surface area contributed by atoms with Crippen molar-refractivity contribution in [1.29, 1.82) is 0 Å². The molecule has 0 aliphatic heterocycles. The standard InChI is InChI=1S/C9H9N3O7/c10-6(3-8(13)14)5-1-4(11(16)17)2-7(9(5)15)12(18)19/h1-2,6,15H,3,10H2,(H,13,14). The fourth-order valence-electron chi connectivity index (χ4n) is 1.45. The zero-order valence-electron chi connectivity index (χ0n) is 9.35. The van der Waals surface area contributed by atoms with Gasteiger partial charge in [0, 0.05) is 17.7 Å². The number of nitrogens with zero attached hydrogens (tertiary/aromatic N) is 2. The first-order valence-corrected chi connectivity index (χ1v) is 4.87. The van der Waals surface area contributed by atoms with Crippen LogP contribution in [0.15, 0.2) is 12.1 Å². The summed E-state index contributed by atoms with van der Waals surface area (Å²) < 4.78 is 0. The molecule has 102 valence electrons. The number of phenolic OH excluding ortho intramolecular Hbond substituents is 1. The maximum atomic E-state index is 10.7. The minimum Gasteiger partial charge on any atom is -0.502 e. The lowest BCUT2D eigenvalue weighted by Crippen LogP contribution is -2.15. The van der Waals surface area contributed by atoms with Crippen LogP contribution in [-0.4, -0.2) is 26.0 Å². The largest absolute Gasteiger partial charge is 0.502 e. The minimum atomic E-state index is -1.30. The number of phenols is 1. The Balaban J connectivity index is 3.40. The number of hydrogen-bond donors (Lipinski definition) is 3. The number of aromatic hydroxyl groups is 1. The van der Waals surface area contributed by atoms with Gasteiger partial charge in [0.2, 0.25) is 0 Å². The summed E-state index contributed by atoms with van der Waals surface area (Å²) in [5, 5.41) is 39.5. The minimum absolute atomic E-state index is 0.358. The van der Waals surface area contributed by atoms with Gasteiger partial charge in [-0.2, -0.15) is 0 Å². The molecule has 0 amide bonds. The fourth-order valence-corrected chi connectivity index (χ4v) is 1.45. The third kappa shape index (κ3) is 3.13. The first-order valence-electron chi connectivity index (χ1n) is 4.87. The number of hydrogen-bond acceptors (Lipinski definition) is 7. The van der Waals surface area contributed by atoms with Crippen LogP contribution in [0.1, 0.15) is 18.0 Å². The first kappa shape index (κ1) is 14.3. The normalized spacial score (nSPS) is 11.8. The predicted molar refractivity (Wildman–Crippen MR) is 60.6 cm³/mol. The van der Waals surface area contributed by atoms with Crippen molar-refractivity contribution >= 4 is 17.3 Å². The van der Waals surface area contributed by atoms with Crippen molar-refractivity contribution in [3.8, 4) is 5.75 Å². The fraction of sp³-hybridized carbons (Fsp3) is 0.222. The molecule has 0 radical (unpaired) electrons. The zero-order chi connectivity index (χ0) is 14.7. The van der Waals surface area contributed by atoms with E-state index in [1.165, 1.54) is 0 Å². The maximum Gasteiger partial charge on any atom is 0.317 e. The Labute approximate surface area is 105 Å². The molecule has 1 aromatic rings. The van der Waals surface area contributed by atoms with Gasteiger partial charge in [0.1, 0.15) is 0 Å². The van der Waals surface area contributed by atoms with Crippen LogP contribution in [0.25, 0.3) is 0 Å². The molecule has 0 fully saturated rings. The molecular weight excluding hydrogens is 262 g/mol. The molecule has 0 bridgehead atoms. The van der Waals surface area contributed by atoms with E-state index in [-0.39, 0.29) is 5.56 Å². The van der Waals surface area contributed by atoms with Gasteiger partial charge in [-0.25, -0.2) is 0 Å². The summed E-state index contributed by atoms with van der Waals surface area (Å²) >= 11 is 0. The summed E-state index contributed by atoms with van der Waals surface area (Å²) in [5.74, 6) is -2.18. The number of rotatable bonds is 5. The van der Waals surface area contributed by atoms with Gasteiger partial charge in [-0.15, -0.1) is 0 Å². The van der Waals surface area contributed by atoms with Crippen LogP contribution in [0.3, 0.4) is 0 Å². The summed E-state index contributed by atoms with van der Waals surface area (Å²) in [6.45, 7) is 0. The molecule has 0 saturated carbocycles. The number of carboxylic acid groups (broad SMARTS) is 1. The highest BCUT2D eigenvalue weighted by molar-refractivity contribution is 5.69. The summed E-state index contributed by atoms with van der Waals surface area (Å²) in [6.07, 6.45) is -0.633. The molecule has 1 atom stereocenters. The molecular formula is C9H9N3O7. The smallest absolute Gasteiger partial charge is 0.317 e. The quantitative estimate of drug-likeness (QED) is 0.518. The van der Waals surface area contributed by atoms with Gasteiger partial charge in [-0.1, -0.05) is 0 Å². The number of benzene rings is 1. The average Bonchev–Trinajstić information content (AvgIpc) is 2.27. The number of nitro groups is 2. The molecule has 4 N–H and O–H groups in total. The number of non-ortho nitro benzene ring substituents is 1. The zero-order valence-corrected chi connectivity index (χ0v) is 9.35. The number of carbonyl (C=O) groups is 1. The first-order chi connectivity index (χ1) is 8.73. The van der Waals surface area contributed by atoms with Gasteiger partial charge < -0.3 is 15.9 Å². The Bertz CT molecular complexity index is 557. The van der Waals surface area contributed by atoms with Crippen molar-refractivity contribution in [2.45, 2.75) is 12.5 Å². The highest BCUT2D eigenvalue weighted by atomic mass is 16.6. The Morgan fingerprint density at radius 3 is 2.32 bits per heavy atom. The third-order valence-corrected chi connectivity index (χ3v) is 2.31. The topological polar surface area (TPSA) is 170 Å². The van der Waals surface area contributed by atoms with Crippen molar-refractivity contribution in [1.82, 2.24) is 0 Å². The van der Waals surface area contributed by atoms with E-state index in [9.17, 15) is 30.1 Å². The lowest BCUT2D eigenvalue weighted by Gasteiger charge is -2.11. The van der Waals surface area contributed by atoms with Crippen LogP contribution < -0.4 is 5.73 Å². The second-order valence-corrected chi connectivity index (χ2v) is 3.62. The Morgan fingerprint density at radius 1 is 1.32 bits per heavy atom. The lowest BCUT2D eigenvalue weighted by atomic mass is 10.0. The van der Waals surface area contributed by atoms with Crippen LogP contribution in [0, 0.1) is 20.2 Å². The van der Waals surface area contributed by atoms with Gasteiger partial charge in [-0.3, -0.25) is 25.0 Å². The molecule has 10 nitrogen and oxygen atoms in total. The molecule has 10 heteroatoms. The molecule has 0 spiro atoms. The number of nitrogens with two attached hydrogens (primary N) is 1. The molecule has 0 aliphatic rings. The van der Waals surface area contributed by atoms with Crippen molar-refractivity contribution in [2.75, 3.05) is 0 Å². The highest BCUT2D eigenvalue weighted by Crippen LogP contribution is 2.37. The Kier molecular flexibility index (Phi) is 3.97. The van der Waals surface area contributed by atoms with Crippen molar-refractivity contribution in [3.63, 3.8) is 0 Å². The van der Waals surface area contributed by atoms with Crippen LogP contribution in [0.5, 0.6) is 5.75 Å². The summed E-state index contributed by atoms with van der Waals surface area (Å²) in [4.78, 5) is 29.9. The van der Waals surface area contributed by atoms with Crippen molar-refractivity contribution in [2.24, 2.45) is 5.73 Å². The maximum absolute atomic E-state index is 10.7. The molecule has 1 aromatic carbocycles. The SMILES string of the molecule is NC(CC(=O)O)c1cc([N+](=O)[O-])cc([N+](=O)[O-])c1O. The van der Waals surface area contributed by atoms with Crippen LogP contribution in [0.4, 0.5) is 11.4 Å². The van der Waals surface area contributed by atoms with Crippen LogP contribution in [-0.2, 0) is 4.79 Å². The van der Waals surface area contributed by atoms with Crippen molar-refractivity contribution < 1.29 is 24.9 Å². The molecule has 1 rings (SSSR count). The molecule has 19 heavy (non-hydrogen) atoms. The van der Waals surface area contributed by atoms with E-state index in [0.29, 0.717) is 6.07 Å². The van der Waals surface area contributed by atoms with E-state index in [2.05, 4.69) is 0 Å². The van der Waals surface area contributed by atoms with E-state index in [1.807, 2.05) is 0 Å². The average molecular weight is 271 g/mol. The monoisotopic (exact) mass is 271 g/mol. The molecule has 1 unspecified atom stereocenters. The summed E-state index contributed by atoms with van der Waals surface area (Å²) in [5.41, 5.74) is 3.54. The Hall–Kier alpha value is -2.75. The highest BCUT2D eigenvalue weighted by Gasteiger charge is 2.27. The van der Waals surface area contributed by atoms with E-state index < -0.39 is 45.4 Å². The van der Waals surface area contributed by atoms with Gasteiger partial charge in [0.25, 0.3) is 5.69 Å². The molecule has 0 aromatic heterocycles. The van der Waals surface area contributed by atoms with E-state index in [1.54, 1.807) is 0 Å². The van der Waals surface area contributed by atoms with Gasteiger partial charge in [0.05, 0.1) is 22.3 Å².